The van der Waals surface area contributed by atoms with E-state index >= 15 is 0 Å². The molecule has 0 aliphatic carbocycles. The maximum absolute atomic E-state index is 14.8. The van der Waals surface area contributed by atoms with Crippen LogP contribution in [0, 0.1) is 11.6 Å². The zero-order valence-electron chi connectivity index (χ0n) is 25.9. The summed E-state index contributed by atoms with van der Waals surface area (Å²) in [5, 5.41) is 0.718. The van der Waals surface area contributed by atoms with Gasteiger partial charge < -0.3 is 29.2 Å². The highest BCUT2D eigenvalue weighted by molar-refractivity contribution is 6.06. The fourth-order valence-electron chi connectivity index (χ4n) is 5.47. The average molecular weight is 593 g/mol. The molecule has 0 spiro atoms. The molecule has 4 rings (SSSR count). The van der Waals surface area contributed by atoms with Crippen LogP contribution in [0.1, 0.15) is 55.7 Å². The Balaban J connectivity index is 2.31. The second-order valence-corrected chi connectivity index (χ2v) is 11.1. The minimum Gasteiger partial charge on any atom is -0.496 e. The number of nitrogens with two attached hydrogens (primary N) is 1. The van der Waals surface area contributed by atoms with Crippen LogP contribution in [0.2, 0.25) is 0 Å². The molecule has 0 amide bonds. The van der Waals surface area contributed by atoms with E-state index in [4.69, 9.17) is 24.7 Å². The number of carbonyl (C=O) groups is 1. The molecule has 43 heavy (non-hydrogen) atoms. The number of hydrogen-bond acceptors (Lipinski definition) is 6. The van der Waals surface area contributed by atoms with Crippen molar-refractivity contribution in [3.63, 3.8) is 0 Å². The van der Waals surface area contributed by atoms with Gasteiger partial charge >= 0.3 is 5.97 Å². The molecule has 0 saturated heterocycles. The van der Waals surface area contributed by atoms with Gasteiger partial charge in [0, 0.05) is 46.6 Å². The first kappa shape index (κ1) is 31.6. The molecule has 0 atom stereocenters. The van der Waals surface area contributed by atoms with E-state index in [0.29, 0.717) is 45.2 Å². The molecule has 3 aromatic carbocycles. The van der Waals surface area contributed by atoms with Gasteiger partial charge in [-0.3, -0.25) is 0 Å². The van der Waals surface area contributed by atoms with Crippen molar-refractivity contribution in [2.45, 2.75) is 39.5 Å². The van der Waals surface area contributed by atoms with E-state index < -0.39 is 23.0 Å². The number of halogens is 2. The lowest BCUT2D eigenvalue weighted by Gasteiger charge is -2.29. The van der Waals surface area contributed by atoms with Crippen LogP contribution in [-0.2, 0) is 14.9 Å². The molecule has 228 valence electrons. The van der Waals surface area contributed by atoms with Crippen LogP contribution in [0.4, 0.5) is 14.5 Å². The molecule has 1 heterocycles. The SMILES string of the molecule is CCC(C)=Cc1cc2c(cc1N)c(-c1c(OC)cc(C(=O)OC)cc1OC)c(C(C)(C)COC)n2-c1ccc(F)c(F)c1. The fraction of sp³-hybridized carbons (Fsp3) is 0.324. The van der Waals surface area contributed by atoms with E-state index in [-0.39, 0.29) is 12.2 Å². The molecule has 0 saturated carbocycles. The molecule has 0 unspecified atom stereocenters. The molecule has 1 aromatic heterocycles. The van der Waals surface area contributed by atoms with Crippen LogP contribution < -0.4 is 15.2 Å². The second-order valence-electron chi connectivity index (χ2n) is 11.1. The number of esters is 1. The number of allylic oxidation sites excluding steroid dienone is 1. The third-order valence-corrected chi connectivity index (χ3v) is 7.62. The molecule has 0 bridgehead atoms. The highest BCUT2D eigenvalue weighted by atomic mass is 19.2. The molecular weight excluding hydrogens is 554 g/mol. The Morgan fingerprint density at radius 2 is 1.60 bits per heavy atom. The van der Waals surface area contributed by atoms with Crippen molar-refractivity contribution < 1.29 is 32.5 Å². The topological polar surface area (TPSA) is 84.9 Å². The third-order valence-electron chi connectivity index (χ3n) is 7.62. The first-order chi connectivity index (χ1) is 20.4. The number of ether oxygens (including phenoxy) is 4. The highest BCUT2D eigenvalue weighted by Gasteiger charge is 2.35. The quantitative estimate of drug-likeness (QED) is 0.150. The summed E-state index contributed by atoms with van der Waals surface area (Å²) in [7, 11) is 5.90. The summed E-state index contributed by atoms with van der Waals surface area (Å²) in [6, 6.07) is 10.8. The van der Waals surface area contributed by atoms with E-state index in [9.17, 15) is 13.6 Å². The lowest BCUT2D eigenvalue weighted by atomic mass is 9.84. The molecule has 7 nitrogen and oxygen atoms in total. The Morgan fingerprint density at radius 1 is 0.953 bits per heavy atom. The van der Waals surface area contributed by atoms with Crippen molar-refractivity contribution in [1.29, 1.82) is 0 Å². The third kappa shape index (κ3) is 5.82. The molecule has 9 heteroatoms. The maximum atomic E-state index is 14.8. The van der Waals surface area contributed by atoms with Crippen molar-refractivity contribution in [1.82, 2.24) is 4.57 Å². The summed E-state index contributed by atoms with van der Waals surface area (Å²) in [6.45, 7) is 8.36. The van der Waals surface area contributed by atoms with E-state index in [1.807, 2.05) is 43.5 Å². The van der Waals surface area contributed by atoms with Gasteiger partial charge in [0.25, 0.3) is 0 Å². The summed E-state index contributed by atoms with van der Waals surface area (Å²) >= 11 is 0. The van der Waals surface area contributed by atoms with E-state index in [0.717, 1.165) is 29.0 Å². The zero-order valence-corrected chi connectivity index (χ0v) is 25.9. The van der Waals surface area contributed by atoms with Gasteiger partial charge in [0.15, 0.2) is 11.6 Å². The predicted octanol–water partition coefficient (Wildman–Crippen LogP) is 7.70. The Hall–Kier alpha value is -4.37. The van der Waals surface area contributed by atoms with Crippen molar-refractivity contribution in [2.75, 3.05) is 40.8 Å². The van der Waals surface area contributed by atoms with Crippen LogP contribution in [0.3, 0.4) is 0 Å². The summed E-state index contributed by atoms with van der Waals surface area (Å²) in [5.41, 5.74) is 11.7. The number of anilines is 1. The first-order valence-electron chi connectivity index (χ1n) is 13.9. The normalized spacial score (nSPS) is 12.1. The number of fused-ring (bicyclic) bond motifs is 1. The number of nitrogens with zero attached hydrogens (tertiary/aromatic N) is 1. The lowest BCUT2D eigenvalue weighted by molar-refractivity contribution is 0.0600. The Labute approximate surface area is 250 Å². The monoisotopic (exact) mass is 592 g/mol. The zero-order chi connectivity index (χ0) is 31.6. The number of benzene rings is 3. The molecule has 0 aliphatic heterocycles. The van der Waals surface area contributed by atoms with Crippen LogP contribution >= 0.6 is 0 Å². The van der Waals surface area contributed by atoms with E-state index in [2.05, 4.69) is 6.92 Å². The molecular formula is C34H38F2N2O5. The standard InChI is InChI=1S/C34H38F2N2O5/c1-9-19(2)12-20-13-27-23(17-26(20)37)30(31-28(41-6)14-21(33(39)43-8)15-29(31)42-7)32(34(3,4)18-40-5)38(27)22-10-11-24(35)25(36)16-22/h10-17H,9,18,37H2,1-8H3. The van der Waals surface area contributed by atoms with Gasteiger partial charge in [-0.15, -0.1) is 0 Å². The van der Waals surface area contributed by atoms with Gasteiger partial charge in [-0.2, -0.15) is 0 Å². The smallest absolute Gasteiger partial charge is 0.338 e. The number of aromatic nitrogens is 1. The fourth-order valence-corrected chi connectivity index (χ4v) is 5.47. The highest BCUT2D eigenvalue weighted by Crippen LogP contribution is 2.50. The van der Waals surface area contributed by atoms with Gasteiger partial charge in [-0.1, -0.05) is 32.4 Å². The minimum atomic E-state index is -0.980. The maximum Gasteiger partial charge on any atom is 0.338 e. The molecule has 4 aromatic rings. The van der Waals surface area contributed by atoms with Crippen LogP contribution in [0.15, 0.2) is 48.0 Å². The lowest BCUT2D eigenvalue weighted by Crippen LogP contribution is -2.27. The van der Waals surface area contributed by atoms with Gasteiger partial charge in [-0.25, -0.2) is 13.6 Å². The predicted molar refractivity (Wildman–Crippen MR) is 166 cm³/mol. The number of carbonyl (C=O) groups excluding carboxylic acids is 1. The van der Waals surface area contributed by atoms with E-state index in [1.54, 1.807) is 19.2 Å². The molecule has 2 N–H and O–H groups in total. The Morgan fingerprint density at radius 3 is 2.14 bits per heavy atom. The van der Waals surface area contributed by atoms with Crippen molar-refractivity contribution in [2.24, 2.45) is 0 Å². The second kappa shape index (κ2) is 12.5. The largest absolute Gasteiger partial charge is 0.496 e. The Bertz CT molecular complexity index is 1700. The Kier molecular flexibility index (Phi) is 9.15. The van der Waals surface area contributed by atoms with Crippen molar-refractivity contribution >= 4 is 28.6 Å². The van der Waals surface area contributed by atoms with Gasteiger partial charge in [0.1, 0.15) is 11.5 Å². The molecule has 0 fully saturated rings. The van der Waals surface area contributed by atoms with Crippen molar-refractivity contribution in [3.8, 4) is 28.3 Å². The first-order valence-corrected chi connectivity index (χ1v) is 13.9. The average Bonchev–Trinajstić information content (AvgIpc) is 3.31. The van der Waals surface area contributed by atoms with Gasteiger partial charge in [-0.05, 0) is 55.3 Å². The summed E-state index contributed by atoms with van der Waals surface area (Å²) < 4.78 is 53.2. The summed E-state index contributed by atoms with van der Waals surface area (Å²) in [4.78, 5) is 12.5. The summed E-state index contributed by atoms with van der Waals surface area (Å²) in [5.74, 6) is -1.79. The van der Waals surface area contributed by atoms with Crippen LogP contribution in [0.25, 0.3) is 33.8 Å². The number of hydrogen-bond donors (Lipinski definition) is 1. The van der Waals surface area contributed by atoms with E-state index in [1.165, 1.54) is 33.5 Å². The summed E-state index contributed by atoms with van der Waals surface area (Å²) in [6.07, 6.45) is 2.85. The van der Waals surface area contributed by atoms with Gasteiger partial charge in [0.2, 0.25) is 0 Å². The van der Waals surface area contributed by atoms with Crippen LogP contribution in [-0.4, -0.2) is 45.6 Å². The minimum absolute atomic E-state index is 0.240. The number of methoxy groups -OCH3 is 4. The molecule has 0 radical (unpaired) electrons. The van der Waals surface area contributed by atoms with Crippen molar-refractivity contribution in [3.05, 3.63) is 76.5 Å². The van der Waals surface area contributed by atoms with Crippen LogP contribution in [0.5, 0.6) is 11.5 Å². The number of rotatable bonds is 10. The van der Waals surface area contributed by atoms with Gasteiger partial charge in [0.05, 0.1) is 44.6 Å². The number of nitrogen functional groups attached to an aromatic ring is 1. The molecule has 0 aliphatic rings.